The van der Waals surface area contributed by atoms with Gasteiger partial charge >= 0.3 is 5.97 Å². The summed E-state index contributed by atoms with van der Waals surface area (Å²) in [6.07, 6.45) is 3.17. The Morgan fingerprint density at radius 1 is 1.43 bits per heavy atom. The van der Waals surface area contributed by atoms with Crippen LogP contribution in [0, 0.1) is 0 Å². The average molecular weight is 291 g/mol. The summed E-state index contributed by atoms with van der Waals surface area (Å²) < 4.78 is 11.1. The Bertz CT molecular complexity index is 505. The molecule has 1 atom stereocenters. The topological polar surface area (TPSA) is 61.5 Å². The molecule has 1 unspecified atom stereocenters. The molecule has 0 aliphatic carbocycles. The zero-order valence-electron chi connectivity index (χ0n) is 13.1. The molecule has 21 heavy (non-hydrogen) atoms. The lowest BCUT2D eigenvalue weighted by Crippen LogP contribution is -2.30. The molecule has 1 heterocycles. The number of hydrogen-bond donors (Lipinski definition) is 1. The minimum absolute atomic E-state index is 0.130. The first-order valence-corrected chi connectivity index (χ1v) is 7.58. The first-order chi connectivity index (χ1) is 9.87. The zero-order valence-corrected chi connectivity index (χ0v) is 13.1. The van der Waals surface area contributed by atoms with Gasteiger partial charge in [0.1, 0.15) is 17.5 Å². The molecule has 0 amide bonds. The van der Waals surface area contributed by atoms with Gasteiger partial charge in [-0.1, -0.05) is 12.1 Å². The van der Waals surface area contributed by atoms with Crippen molar-refractivity contribution in [3.8, 4) is 5.75 Å². The van der Waals surface area contributed by atoms with Crippen LogP contribution in [0.3, 0.4) is 0 Å². The van der Waals surface area contributed by atoms with Gasteiger partial charge in [0, 0.05) is 13.0 Å². The zero-order chi connectivity index (χ0) is 15.5. The van der Waals surface area contributed by atoms with Crippen LogP contribution in [0.2, 0.25) is 0 Å². The van der Waals surface area contributed by atoms with Crippen molar-refractivity contribution in [2.75, 3.05) is 6.54 Å². The molecule has 1 aliphatic rings. The van der Waals surface area contributed by atoms with Gasteiger partial charge in [-0.2, -0.15) is 0 Å². The molecule has 0 saturated heterocycles. The third kappa shape index (κ3) is 4.74. The number of nitrogens with two attached hydrogens (primary N) is 1. The first-order valence-electron chi connectivity index (χ1n) is 7.58. The lowest BCUT2D eigenvalue weighted by atomic mass is 9.98. The number of esters is 1. The van der Waals surface area contributed by atoms with Crippen LogP contribution in [0.5, 0.6) is 5.75 Å². The van der Waals surface area contributed by atoms with Crippen LogP contribution in [-0.4, -0.2) is 24.2 Å². The summed E-state index contributed by atoms with van der Waals surface area (Å²) >= 11 is 0. The van der Waals surface area contributed by atoms with E-state index in [1.54, 1.807) is 0 Å². The lowest BCUT2D eigenvalue weighted by molar-refractivity contribution is -0.154. The number of carbonyl (C=O) groups excluding carboxylic acids is 1. The first kappa shape index (κ1) is 15.8. The molecule has 0 saturated carbocycles. The smallest absolute Gasteiger partial charge is 0.306 e. The summed E-state index contributed by atoms with van der Waals surface area (Å²) in [5.74, 6) is 0.775. The van der Waals surface area contributed by atoms with Crippen LogP contribution >= 0.6 is 0 Å². The summed E-state index contributed by atoms with van der Waals surface area (Å²) in [5, 5.41) is 0. The molecule has 0 bridgehead atoms. The number of carbonyl (C=O) groups is 1. The largest absolute Gasteiger partial charge is 0.489 e. The van der Waals surface area contributed by atoms with Crippen molar-refractivity contribution in [1.82, 2.24) is 0 Å². The van der Waals surface area contributed by atoms with Crippen LogP contribution in [0.1, 0.15) is 44.7 Å². The van der Waals surface area contributed by atoms with E-state index in [2.05, 4.69) is 6.07 Å². The van der Waals surface area contributed by atoms with Crippen molar-refractivity contribution in [3.63, 3.8) is 0 Å². The molecule has 1 aliphatic heterocycles. The van der Waals surface area contributed by atoms with Crippen LogP contribution in [0.4, 0.5) is 0 Å². The lowest BCUT2D eigenvalue weighted by Gasteiger charge is -2.25. The molecule has 2 rings (SSSR count). The number of fused-ring (bicyclic) bond motifs is 1. The van der Waals surface area contributed by atoms with E-state index in [0.717, 1.165) is 24.2 Å². The number of hydrogen-bond acceptors (Lipinski definition) is 4. The Hall–Kier alpha value is -1.55. The summed E-state index contributed by atoms with van der Waals surface area (Å²) in [6, 6.07) is 6.14. The van der Waals surface area contributed by atoms with Gasteiger partial charge in [-0.25, -0.2) is 0 Å². The van der Waals surface area contributed by atoms with Gasteiger partial charge in [0.2, 0.25) is 0 Å². The van der Waals surface area contributed by atoms with Gasteiger partial charge in [0.25, 0.3) is 0 Å². The van der Waals surface area contributed by atoms with E-state index < -0.39 is 5.60 Å². The molecule has 4 heteroatoms. The molecular weight excluding hydrogens is 266 g/mol. The monoisotopic (exact) mass is 291 g/mol. The highest BCUT2D eigenvalue weighted by Gasteiger charge is 2.19. The molecule has 116 valence electrons. The molecule has 0 spiro atoms. The molecule has 0 aromatic heterocycles. The number of rotatable bonds is 4. The van der Waals surface area contributed by atoms with E-state index in [9.17, 15) is 4.79 Å². The molecule has 4 nitrogen and oxygen atoms in total. The highest BCUT2D eigenvalue weighted by atomic mass is 16.6. The van der Waals surface area contributed by atoms with E-state index in [1.807, 2.05) is 32.9 Å². The molecule has 1 aromatic carbocycles. The molecule has 1 aromatic rings. The molecule has 0 fully saturated rings. The normalized spacial score (nSPS) is 17.8. The summed E-state index contributed by atoms with van der Waals surface area (Å²) in [6.45, 7) is 6.21. The highest BCUT2D eigenvalue weighted by molar-refractivity contribution is 5.70. The summed E-state index contributed by atoms with van der Waals surface area (Å²) in [7, 11) is 0. The third-order valence-corrected chi connectivity index (χ3v) is 3.45. The van der Waals surface area contributed by atoms with E-state index in [0.29, 0.717) is 19.4 Å². The van der Waals surface area contributed by atoms with Crippen LogP contribution < -0.4 is 10.5 Å². The molecule has 0 radical (unpaired) electrons. The van der Waals surface area contributed by atoms with Crippen molar-refractivity contribution in [1.29, 1.82) is 0 Å². The highest BCUT2D eigenvalue weighted by Crippen LogP contribution is 2.28. The van der Waals surface area contributed by atoms with Gasteiger partial charge in [-0.15, -0.1) is 0 Å². The Morgan fingerprint density at radius 3 is 2.86 bits per heavy atom. The Labute approximate surface area is 126 Å². The van der Waals surface area contributed by atoms with Crippen LogP contribution in [0.25, 0.3) is 0 Å². The van der Waals surface area contributed by atoms with Crippen molar-refractivity contribution in [2.45, 2.75) is 58.2 Å². The SMILES string of the molecule is CC(C)(C)OC(=O)CCc1ccc2c(c1)CCC(CN)O2. The predicted molar refractivity (Wildman–Crippen MR) is 82.4 cm³/mol. The number of aryl methyl sites for hydroxylation is 2. The minimum Gasteiger partial charge on any atom is -0.489 e. The Kier molecular flexibility index (Phi) is 4.88. The number of benzene rings is 1. The van der Waals surface area contributed by atoms with Crippen LogP contribution in [-0.2, 0) is 22.4 Å². The van der Waals surface area contributed by atoms with E-state index in [-0.39, 0.29) is 12.1 Å². The van der Waals surface area contributed by atoms with Gasteiger partial charge in [-0.05, 0) is 57.2 Å². The Morgan fingerprint density at radius 2 is 2.19 bits per heavy atom. The second-order valence-electron chi connectivity index (χ2n) is 6.54. The maximum atomic E-state index is 11.7. The van der Waals surface area contributed by atoms with E-state index in [4.69, 9.17) is 15.2 Å². The standard InChI is InChI=1S/C17H25NO3/c1-17(2,3)21-16(19)9-5-12-4-8-15-13(10-12)6-7-14(11-18)20-15/h4,8,10,14H,5-7,9,11,18H2,1-3H3. The second-order valence-corrected chi connectivity index (χ2v) is 6.54. The maximum absolute atomic E-state index is 11.7. The third-order valence-electron chi connectivity index (χ3n) is 3.45. The molecule has 2 N–H and O–H groups in total. The fraction of sp³-hybridized carbons (Fsp3) is 0.588. The van der Waals surface area contributed by atoms with Crippen molar-refractivity contribution in [2.24, 2.45) is 5.73 Å². The minimum atomic E-state index is -0.419. The number of ether oxygens (including phenoxy) is 2. The van der Waals surface area contributed by atoms with Crippen molar-refractivity contribution in [3.05, 3.63) is 29.3 Å². The molecular formula is C17H25NO3. The fourth-order valence-corrected chi connectivity index (χ4v) is 2.46. The predicted octanol–water partition coefficient (Wildman–Crippen LogP) is 2.61. The van der Waals surface area contributed by atoms with E-state index in [1.165, 1.54) is 5.56 Å². The van der Waals surface area contributed by atoms with Gasteiger partial charge in [0.15, 0.2) is 0 Å². The van der Waals surface area contributed by atoms with Crippen molar-refractivity contribution < 1.29 is 14.3 Å². The quantitative estimate of drug-likeness (QED) is 0.866. The average Bonchev–Trinajstić information content (AvgIpc) is 2.42. The van der Waals surface area contributed by atoms with Gasteiger partial charge < -0.3 is 15.2 Å². The van der Waals surface area contributed by atoms with Crippen molar-refractivity contribution >= 4 is 5.97 Å². The van der Waals surface area contributed by atoms with Gasteiger partial charge in [-0.3, -0.25) is 4.79 Å². The fourth-order valence-electron chi connectivity index (χ4n) is 2.46. The second kappa shape index (κ2) is 6.48. The van der Waals surface area contributed by atoms with Gasteiger partial charge in [0.05, 0.1) is 0 Å². The maximum Gasteiger partial charge on any atom is 0.306 e. The van der Waals surface area contributed by atoms with Crippen LogP contribution in [0.15, 0.2) is 18.2 Å². The Balaban J connectivity index is 1.92. The summed E-state index contributed by atoms with van der Waals surface area (Å²) in [5.41, 5.74) is 7.58. The van der Waals surface area contributed by atoms with E-state index >= 15 is 0 Å². The summed E-state index contributed by atoms with van der Waals surface area (Å²) in [4.78, 5) is 11.7.